The van der Waals surface area contributed by atoms with Crippen LogP contribution in [0.2, 0.25) is 0 Å². The minimum Gasteiger partial charge on any atom is -0.508 e. The van der Waals surface area contributed by atoms with Gasteiger partial charge in [0.15, 0.2) is 0 Å². The molecule has 0 amide bonds. The summed E-state index contributed by atoms with van der Waals surface area (Å²) in [5, 5.41) is 9.00. The van der Waals surface area contributed by atoms with Crippen LogP contribution >= 0.6 is 0 Å². The standard InChI is InChI=1S/C8H11FN2O/c9-6-1-5(8(11)4-10)2-7(12)3-6/h1-3,8,12H,4,10-11H2/t8-/m0/s1. The first-order valence-electron chi connectivity index (χ1n) is 3.58. The second-order valence-electron chi connectivity index (χ2n) is 2.58. The summed E-state index contributed by atoms with van der Waals surface area (Å²) in [5.74, 6) is -0.636. The van der Waals surface area contributed by atoms with Gasteiger partial charge in [-0.25, -0.2) is 4.39 Å². The molecule has 12 heavy (non-hydrogen) atoms. The maximum Gasteiger partial charge on any atom is 0.127 e. The molecule has 0 aliphatic heterocycles. The van der Waals surface area contributed by atoms with Gasteiger partial charge in [0.1, 0.15) is 11.6 Å². The zero-order valence-electron chi connectivity index (χ0n) is 6.50. The van der Waals surface area contributed by atoms with Crippen molar-refractivity contribution in [3.05, 3.63) is 29.6 Å². The smallest absolute Gasteiger partial charge is 0.127 e. The molecule has 4 heteroatoms. The van der Waals surface area contributed by atoms with Gasteiger partial charge in [-0.2, -0.15) is 0 Å². The van der Waals surface area contributed by atoms with Crippen LogP contribution in [0.3, 0.4) is 0 Å². The highest BCUT2D eigenvalue weighted by molar-refractivity contribution is 5.30. The highest BCUT2D eigenvalue weighted by Gasteiger charge is 2.06. The van der Waals surface area contributed by atoms with E-state index in [1.807, 2.05) is 0 Å². The first-order chi connectivity index (χ1) is 5.63. The Kier molecular flexibility index (Phi) is 2.62. The molecule has 0 bridgehead atoms. The molecule has 5 N–H and O–H groups in total. The Morgan fingerprint density at radius 3 is 2.58 bits per heavy atom. The lowest BCUT2D eigenvalue weighted by molar-refractivity contribution is 0.467. The summed E-state index contributed by atoms with van der Waals surface area (Å²) in [5.41, 5.74) is 11.3. The Labute approximate surface area is 69.8 Å². The number of phenols is 1. The molecule has 1 atom stereocenters. The summed E-state index contributed by atoms with van der Waals surface area (Å²) >= 11 is 0. The van der Waals surface area contributed by atoms with E-state index >= 15 is 0 Å². The lowest BCUT2D eigenvalue weighted by atomic mass is 10.1. The number of phenolic OH excluding ortho intramolecular Hbond substituents is 1. The average Bonchev–Trinajstić information content (AvgIpc) is 2.01. The van der Waals surface area contributed by atoms with E-state index in [9.17, 15) is 4.39 Å². The van der Waals surface area contributed by atoms with Crippen LogP contribution < -0.4 is 11.5 Å². The maximum atomic E-state index is 12.7. The van der Waals surface area contributed by atoms with E-state index in [0.717, 1.165) is 6.07 Å². The van der Waals surface area contributed by atoms with Gasteiger partial charge >= 0.3 is 0 Å². The zero-order valence-corrected chi connectivity index (χ0v) is 6.50. The molecule has 0 radical (unpaired) electrons. The van der Waals surface area contributed by atoms with E-state index in [0.29, 0.717) is 5.56 Å². The largest absolute Gasteiger partial charge is 0.508 e. The van der Waals surface area contributed by atoms with E-state index in [1.54, 1.807) is 0 Å². The van der Waals surface area contributed by atoms with Crippen molar-refractivity contribution in [3.8, 4) is 5.75 Å². The SMILES string of the molecule is NC[C@H](N)c1cc(O)cc(F)c1. The van der Waals surface area contributed by atoms with Crippen LogP contribution in [-0.2, 0) is 0 Å². The van der Waals surface area contributed by atoms with Crippen LogP contribution in [0.1, 0.15) is 11.6 Å². The van der Waals surface area contributed by atoms with Crippen molar-refractivity contribution in [1.82, 2.24) is 0 Å². The van der Waals surface area contributed by atoms with Crippen molar-refractivity contribution in [3.63, 3.8) is 0 Å². The number of benzene rings is 1. The van der Waals surface area contributed by atoms with E-state index in [1.165, 1.54) is 12.1 Å². The molecule has 0 saturated heterocycles. The van der Waals surface area contributed by atoms with Crippen LogP contribution in [0.5, 0.6) is 5.75 Å². The maximum absolute atomic E-state index is 12.7. The highest BCUT2D eigenvalue weighted by atomic mass is 19.1. The Bertz CT molecular complexity index is 258. The third kappa shape index (κ3) is 1.93. The molecule has 0 fully saturated rings. The van der Waals surface area contributed by atoms with Crippen LogP contribution in [0, 0.1) is 5.82 Å². The fourth-order valence-corrected chi connectivity index (χ4v) is 0.946. The summed E-state index contributed by atoms with van der Waals surface area (Å²) in [6, 6.07) is 3.26. The molecular weight excluding hydrogens is 159 g/mol. The minimum atomic E-state index is -0.506. The average molecular weight is 170 g/mol. The summed E-state index contributed by atoms with van der Waals surface area (Å²) < 4.78 is 12.7. The zero-order chi connectivity index (χ0) is 9.14. The Morgan fingerprint density at radius 1 is 1.42 bits per heavy atom. The van der Waals surface area contributed by atoms with E-state index in [-0.39, 0.29) is 12.3 Å². The van der Waals surface area contributed by atoms with Gasteiger partial charge in [-0.3, -0.25) is 0 Å². The molecule has 1 aromatic carbocycles. The summed E-state index contributed by atoms with van der Waals surface area (Å²) in [7, 11) is 0. The number of hydrogen-bond donors (Lipinski definition) is 3. The van der Waals surface area contributed by atoms with Gasteiger partial charge in [0, 0.05) is 18.7 Å². The van der Waals surface area contributed by atoms with Crippen LogP contribution in [0.25, 0.3) is 0 Å². The second-order valence-corrected chi connectivity index (χ2v) is 2.58. The normalized spacial score (nSPS) is 12.9. The number of rotatable bonds is 2. The lowest BCUT2D eigenvalue weighted by Gasteiger charge is -2.08. The molecule has 0 saturated carbocycles. The Morgan fingerprint density at radius 2 is 2.08 bits per heavy atom. The highest BCUT2D eigenvalue weighted by Crippen LogP contribution is 2.18. The van der Waals surface area contributed by atoms with Gasteiger partial charge in [-0.15, -0.1) is 0 Å². The molecule has 0 spiro atoms. The summed E-state index contributed by atoms with van der Waals surface area (Å²) in [6.45, 7) is 0.225. The lowest BCUT2D eigenvalue weighted by Crippen LogP contribution is -2.20. The van der Waals surface area contributed by atoms with Crippen molar-refractivity contribution < 1.29 is 9.50 Å². The third-order valence-corrected chi connectivity index (χ3v) is 1.59. The predicted octanol–water partition coefficient (Wildman–Crippen LogP) is 0.490. The van der Waals surface area contributed by atoms with E-state index in [2.05, 4.69) is 0 Å². The number of aromatic hydroxyl groups is 1. The van der Waals surface area contributed by atoms with Crippen LogP contribution in [0.15, 0.2) is 18.2 Å². The fraction of sp³-hybridized carbons (Fsp3) is 0.250. The first kappa shape index (κ1) is 8.96. The Hall–Kier alpha value is -1.13. The van der Waals surface area contributed by atoms with Gasteiger partial charge in [-0.1, -0.05) is 0 Å². The van der Waals surface area contributed by atoms with E-state index in [4.69, 9.17) is 16.6 Å². The number of halogens is 1. The first-order valence-corrected chi connectivity index (χ1v) is 3.58. The van der Waals surface area contributed by atoms with Gasteiger partial charge in [0.05, 0.1) is 0 Å². The molecular formula is C8H11FN2O. The minimum absolute atomic E-state index is 0.131. The van der Waals surface area contributed by atoms with Gasteiger partial charge in [0.2, 0.25) is 0 Å². The molecule has 0 aliphatic carbocycles. The number of nitrogens with two attached hydrogens (primary N) is 2. The summed E-state index contributed by atoms with van der Waals surface area (Å²) in [4.78, 5) is 0. The quantitative estimate of drug-likeness (QED) is 0.604. The topological polar surface area (TPSA) is 72.3 Å². The monoisotopic (exact) mass is 170 g/mol. The number of hydrogen-bond acceptors (Lipinski definition) is 3. The predicted molar refractivity (Wildman–Crippen MR) is 44.0 cm³/mol. The second kappa shape index (κ2) is 3.51. The van der Waals surface area contributed by atoms with Crippen LogP contribution in [-0.4, -0.2) is 11.7 Å². The molecule has 0 heterocycles. The Balaban J connectivity index is 3.00. The van der Waals surface area contributed by atoms with Crippen molar-refractivity contribution in [2.75, 3.05) is 6.54 Å². The third-order valence-electron chi connectivity index (χ3n) is 1.59. The fourth-order valence-electron chi connectivity index (χ4n) is 0.946. The molecule has 0 aliphatic rings. The molecule has 1 rings (SSSR count). The van der Waals surface area contributed by atoms with Gasteiger partial charge in [0.25, 0.3) is 0 Å². The van der Waals surface area contributed by atoms with Crippen molar-refractivity contribution in [1.29, 1.82) is 0 Å². The molecule has 0 aromatic heterocycles. The molecule has 1 aromatic rings. The van der Waals surface area contributed by atoms with Crippen molar-refractivity contribution in [2.24, 2.45) is 11.5 Å². The van der Waals surface area contributed by atoms with Crippen molar-refractivity contribution >= 4 is 0 Å². The van der Waals surface area contributed by atoms with Crippen LogP contribution in [0.4, 0.5) is 4.39 Å². The molecule has 66 valence electrons. The molecule has 3 nitrogen and oxygen atoms in total. The van der Waals surface area contributed by atoms with Crippen molar-refractivity contribution in [2.45, 2.75) is 6.04 Å². The van der Waals surface area contributed by atoms with E-state index < -0.39 is 11.9 Å². The van der Waals surface area contributed by atoms with Gasteiger partial charge in [-0.05, 0) is 17.7 Å². The summed E-state index contributed by atoms with van der Waals surface area (Å²) in [6.07, 6.45) is 0. The molecule has 0 unspecified atom stereocenters. The van der Waals surface area contributed by atoms with Gasteiger partial charge < -0.3 is 16.6 Å².